The van der Waals surface area contributed by atoms with Crippen molar-refractivity contribution in [1.82, 2.24) is 9.55 Å². The Morgan fingerprint density at radius 3 is 2.66 bits per heavy atom. The van der Waals surface area contributed by atoms with Crippen LogP contribution < -0.4 is 20.3 Å². The van der Waals surface area contributed by atoms with E-state index in [0.29, 0.717) is 28.8 Å². The molecule has 0 aliphatic heterocycles. The molecule has 1 amide bonds. The van der Waals surface area contributed by atoms with Crippen LogP contribution in [0.2, 0.25) is 5.02 Å². The zero-order valence-corrected chi connectivity index (χ0v) is 18.8. The van der Waals surface area contributed by atoms with Crippen LogP contribution in [-0.2, 0) is 11.3 Å². The van der Waals surface area contributed by atoms with Crippen molar-refractivity contribution >= 4 is 45.9 Å². The molecule has 0 aliphatic rings. The Bertz CT molecular complexity index is 1190. The van der Waals surface area contributed by atoms with Crippen molar-refractivity contribution in [2.24, 2.45) is 0 Å². The third-order valence-corrected chi connectivity index (χ3v) is 5.86. The number of aromatic nitrogens is 2. The minimum absolute atomic E-state index is 0.0711. The fourth-order valence-corrected chi connectivity index (χ4v) is 4.00. The van der Waals surface area contributed by atoms with Crippen LogP contribution in [0, 0.1) is 0 Å². The van der Waals surface area contributed by atoms with Crippen molar-refractivity contribution in [3.05, 3.63) is 52.0 Å². The van der Waals surface area contributed by atoms with E-state index >= 15 is 0 Å². The van der Waals surface area contributed by atoms with Gasteiger partial charge in [-0.05, 0) is 24.6 Å². The van der Waals surface area contributed by atoms with Crippen molar-refractivity contribution in [2.45, 2.75) is 30.0 Å². The molecule has 0 spiro atoms. The number of rotatable bonds is 9. The lowest BCUT2D eigenvalue weighted by molar-refractivity contribution is -0.116. The summed E-state index contributed by atoms with van der Waals surface area (Å²) in [5.41, 5.74) is 0.409. The Kier molecular flexibility index (Phi) is 7.92. The average molecular weight is 484 g/mol. The number of ether oxygens (including phenoxy) is 2. The number of hydrogen-bond donors (Lipinski definition) is 1. The van der Waals surface area contributed by atoms with Gasteiger partial charge in [0.05, 0.1) is 47.1 Å². The molecule has 1 heterocycles. The highest BCUT2D eigenvalue weighted by Gasteiger charge is 2.16. The summed E-state index contributed by atoms with van der Waals surface area (Å²) in [6.07, 6.45) is 1.81. The molecule has 3 rings (SSSR count). The van der Waals surface area contributed by atoms with Crippen molar-refractivity contribution in [1.29, 1.82) is 0 Å². The fourth-order valence-electron chi connectivity index (χ4n) is 3.08. The Hall–Kier alpha value is -2.85. The van der Waals surface area contributed by atoms with Crippen LogP contribution in [0.1, 0.15) is 12.8 Å². The smallest absolute Gasteiger partial charge is 0.289 e. The zero-order valence-electron chi connectivity index (χ0n) is 17.2. The minimum atomic E-state index is -2.67. The number of methoxy groups -OCH3 is 2. The topological polar surface area (TPSA) is 82.5 Å². The van der Waals surface area contributed by atoms with E-state index in [1.165, 1.54) is 37.2 Å². The van der Waals surface area contributed by atoms with Crippen LogP contribution in [0.15, 0.2) is 46.3 Å². The fraction of sp³-hybridized carbons (Fsp3) is 0.286. The summed E-state index contributed by atoms with van der Waals surface area (Å²) in [4.78, 5) is 29.5. The lowest BCUT2D eigenvalue weighted by Crippen LogP contribution is -2.22. The SMILES string of the molecule is COc1cc2ncn(CCCC(=O)Nc3cccc(Cl)c3SC(F)F)c(=O)c2cc1OC. The van der Waals surface area contributed by atoms with Crippen molar-refractivity contribution in [2.75, 3.05) is 19.5 Å². The van der Waals surface area contributed by atoms with Gasteiger partial charge in [0.25, 0.3) is 11.3 Å². The van der Waals surface area contributed by atoms with Gasteiger partial charge in [0.2, 0.25) is 5.91 Å². The first-order chi connectivity index (χ1) is 15.3. The second kappa shape index (κ2) is 10.6. The van der Waals surface area contributed by atoms with Crippen molar-refractivity contribution < 1.29 is 23.0 Å². The maximum atomic E-state index is 12.8. The molecule has 1 N–H and O–H groups in total. The highest BCUT2D eigenvalue weighted by Crippen LogP contribution is 2.37. The van der Waals surface area contributed by atoms with E-state index in [0.717, 1.165) is 0 Å². The summed E-state index contributed by atoms with van der Waals surface area (Å²) >= 11 is 6.25. The van der Waals surface area contributed by atoms with Gasteiger partial charge < -0.3 is 14.8 Å². The number of hydrogen-bond acceptors (Lipinski definition) is 6. The lowest BCUT2D eigenvalue weighted by Gasteiger charge is -2.12. The molecule has 0 saturated carbocycles. The standard InChI is InChI=1S/C21H20ClF2N3O4S/c1-30-16-9-12-15(10-17(16)31-2)25-11-27(20(12)29)8-4-7-18(28)26-14-6-3-5-13(22)19(14)32-21(23)24/h3,5-6,9-11,21H,4,7-8H2,1-2H3,(H,26,28). The second-order valence-corrected chi connectivity index (χ2v) is 8.02. The van der Waals surface area contributed by atoms with Gasteiger partial charge in [0, 0.05) is 19.0 Å². The Labute approximate surface area is 191 Å². The number of carbonyl (C=O) groups excluding carboxylic acids is 1. The first-order valence-electron chi connectivity index (χ1n) is 9.48. The van der Waals surface area contributed by atoms with E-state index in [1.807, 2.05) is 0 Å². The van der Waals surface area contributed by atoms with E-state index in [2.05, 4.69) is 10.3 Å². The number of benzene rings is 2. The molecule has 7 nitrogen and oxygen atoms in total. The molecule has 0 fully saturated rings. The molecule has 2 aromatic carbocycles. The third-order valence-electron chi connectivity index (χ3n) is 4.58. The van der Waals surface area contributed by atoms with Gasteiger partial charge in [-0.1, -0.05) is 29.4 Å². The predicted octanol–water partition coefficient (Wildman–Crippen LogP) is 4.80. The minimum Gasteiger partial charge on any atom is -0.493 e. The highest BCUT2D eigenvalue weighted by molar-refractivity contribution is 7.99. The number of fused-ring (bicyclic) bond motifs is 1. The molecule has 0 aliphatic carbocycles. The second-order valence-electron chi connectivity index (χ2n) is 6.61. The molecule has 0 unspecified atom stereocenters. The van der Waals surface area contributed by atoms with E-state index in [4.69, 9.17) is 21.1 Å². The predicted molar refractivity (Wildman–Crippen MR) is 120 cm³/mol. The summed E-state index contributed by atoms with van der Waals surface area (Å²) in [5, 5.41) is 3.10. The van der Waals surface area contributed by atoms with E-state index < -0.39 is 5.76 Å². The van der Waals surface area contributed by atoms with E-state index in [9.17, 15) is 18.4 Å². The van der Waals surface area contributed by atoms with Crippen LogP contribution in [0.4, 0.5) is 14.5 Å². The first kappa shape index (κ1) is 23.8. The number of amides is 1. The molecule has 0 bridgehead atoms. The molecule has 170 valence electrons. The van der Waals surface area contributed by atoms with Crippen molar-refractivity contribution in [3.8, 4) is 11.5 Å². The maximum Gasteiger partial charge on any atom is 0.289 e. The summed E-state index contributed by atoms with van der Waals surface area (Å²) < 4.78 is 37.4. The molecule has 11 heteroatoms. The van der Waals surface area contributed by atoms with Crippen LogP contribution >= 0.6 is 23.4 Å². The first-order valence-corrected chi connectivity index (χ1v) is 10.7. The zero-order chi connectivity index (χ0) is 23.3. The van der Waals surface area contributed by atoms with Crippen molar-refractivity contribution in [3.63, 3.8) is 0 Å². The molecule has 0 atom stereocenters. The highest BCUT2D eigenvalue weighted by atomic mass is 35.5. The number of carbonyl (C=O) groups is 1. The largest absolute Gasteiger partial charge is 0.493 e. The van der Waals surface area contributed by atoms with Crippen LogP contribution in [-0.4, -0.2) is 35.4 Å². The third kappa shape index (κ3) is 5.49. The number of anilines is 1. The molecular formula is C21H20ClF2N3O4S. The number of halogens is 3. The summed E-state index contributed by atoms with van der Waals surface area (Å²) in [6, 6.07) is 7.73. The Morgan fingerprint density at radius 2 is 1.97 bits per heavy atom. The van der Waals surface area contributed by atoms with Crippen LogP contribution in [0.25, 0.3) is 10.9 Å². The van der Waals surface area contributed by atoms with Crippen LogP contribution in [0.3, 0.4) is 0 Å². The average Bonchev–Trinajstić information content (AvgIpc) is 2.76. The molecule has 0 saturated heterocycles. The summed E-state index contributed by atoms with van der Waals surface area (Å²) in [6.45, 7) is 0.248. The number of nitrogens with one attached hydrogen (secondary N) is 1. The molecule has 1 aromatic heterocycles. The van der Waals surface area contributed by atoms with Gasteiger partial charge >= 0.3 is 0 Å². The van der Waals surface area contributed by atoms with Gasteiger partial charge in [0.15, 0.2) is 11.5 Å². The number of nitrogens with zero attached hydrogens (tertiary/aromatic N) is 2. The van der Waals surface area contributed by atoms with Gasteiger partial charge in [-0.25, -0.2) is 4.98 Å². The monoisotopic (exact) mass is 483 g/mol. The number of aryl methyl sites for hydroxylation is 1. The molecule has 3 aromatic rings. The summed E-state index contributed by atoms with van der Waals surface area (Å²) in [5.74, 6) is -2.17. The number of thioether (sulfide) groups is 1. The molecule has 0 radical (unpaired) electrons. The Morgan fingerprint density at radius 1 is 1.25 bits per heavy atom. The van der Waals surface area contributed by atoms with Crippen LogP contribution in [0.5, 0.6) is 11.5 Å². The molecular weight excluding hydrogens is 464 g/mol. The lowest BCUT2D eigenvalue weighted by atomic mass is 10.2. The van der Waals surface area contributed by atoms with Gasteiger partial charge in [-0.2, -0.15) is 8.78 Å². The Balaban J connectivity index is 1.68. The van der Waals surface area contributed by atoms with E-state index in [-0.39, 0.29) is 51.8 Å². The summed E-state index contributed by atoms with van der Waals surface area (Å²) in [7, 11) is 2.97. The normalized spacial score (nSPS) is 11.1. The van der Waals surface area contributed by atoms with E-state index in [1.54, 1.807) is 18.2 Å². The maximum absolute atomic E-state index is 12.8. The molecule has 32 heavy (non-hydrogen) atoms. The quantitative estimate of drug-likeness (QED) is 0.440. The van der Waals surface area contributed by atoms with Gasteiger partial charge in [0.1, 0.15) is 0 Å². The van der Waals surface area contributed by atoms with Gasteiger partial charge in [-0.3, -0.25) is 14.2 Å². The van der Waals surface area contributed by atoms with Gasteiger partial charge in [-0.15, -0.1) is 0 Å². The number of alkyl halides is 2.